The molecule has 9 heteroatoms. The zero-order valence-electron chi connectivity index (χ0n) is 16.2. The molecule has 0 fully saturated rings. The highest BCUT2D eigenvalue weighted by Crippen LogP contribution is 2.40. The van der Waals surface area contributed by atoms with E-state index in [1.165, 1.54) is 51.5 Å². The lowest BCUT2D eigenvalue weighted by Gasteiger charge is -2.16. The first kappa shape index (κ1) is 21.2. The Kier molecular flexibility index (Phi) is 5.73. The summed E-state index contributed by atoms with van der Waals surface area (Å²) < 4.78 is 61.5. The van der Waals surface area contributed by atoms with E-state index in [9.17, 15) is 22.8 Å². The Bertz CT molecular complexity index is 1150. The Morgan fingerprint density at radius 3 is 2.43 bits per heavy atom. The average Bonchev–Trinajstić information content (AvgIpc) is 2.72. The first-order chi connectivity index (χ1) is 14.2. The second kappa shape index (κ2) is 8.10. The smallest absolute Gasteiger partial charge is 0.450 e. The molecule has 0 saturated carbocycles. The van der Waals surface area contributed by atoms with E-state index in [0.29, 0.717) is 0 Å². The first-order valence-corrected chi connectivity index (χ1v) is 8.73. The molecule has 0 N–H and O–H groups in total. The number of methoxy groups -OCH3 is 2. The molecule has 30 heavy (non-hydrogen) atoms. The number of fused-ring (bicyclic) bond motifs is 1. The van der Waals surface area contributed by atoms with Gasteiger partial charge in [-0.05, 0) is 25.1 Å². The summed E-state index contributed by atoms with van der Waals surface area (Å²) >= 11 is 0. The van der Waals surface area contributed by atoms with Crippen molar-refractivity contribution < 1.29 is 36.6 Å². The van der Waals surface area contributed by atoms with E-state index in [1.54, 1.807) is 6.07 Å². The summed E-state index contributed by atoms with van der Waals surface area (Å²) in [6.45, 7) is 1.41. The van der Waals surface area contributed by atoms with Gasteiger partial charge in [0.05, 0.1) is 25.2 Å². The Balaban J connectivity index is 2.24. The highest BCUT2D eigenvalue weighted by atomic mass is 19.4. The molecular formula is C21H17F3O6. The minimum Gasteiger partial charge on any atom is -0.496 e. The van der Waals surface area contributed by atoms with Crippen LogP contribution in [0.2, 0.25) is 0 Å². The highest BCUT2D eigenvalue weighted by molar-refractivity contribution is 5.85. The van der Waals surface area contributed by atoms with E-state index in [-0.39, 0.29) is 28.0 Å². The van der Waals surface area contributed by atoms with Crippen LogP contribution in [0.3, 0.4) is 0 Å². The number of alkyl halides is 3. The van der Waals surface area contributed by atoms with Crippen molar-refractivity contribution in [3.05, 3.63) is 58.4 Å². The molecule has 3 aromatic rings. The van der Waals surface area contributed by atoms with Crippen molar-refractivity contribution in [3.8, 4) is 22.6 Å². The SMILES string of the molecule is COC(=O)C(C)Oc1ccc2c(=O)c(-c3ccccc3OC)c(C(F)(F)F)oc2c1. The van der Waals surface area contributed by atoms with Crippen molar-refractivity contribution in [2.45, 2.75) is 19.2 Å². The Morgan fingerprint density at radius 1 is 1.10 bits per heavy atom. The summed E-state index contributed by atoms with van der Waals surface area (Å²) in [5.41, 5.74) is -1.90. The standard InChI is InChI=1S/C21H17F3O6/c1-11(20(26)28-3)29-12-8-9-14-16(10-12)30-19(21(22,23)24)17(18(14)25)13-6-4-5-7-15(13)27-2/h4-11H,1-3H3. The zero-order chi connectivity index (χ0) is 22.1. The van der Waals surface area contributed by atoms with Crippen molar-refractivity contribution in [2.24, 2.45) is 0 Å². The zero-order valence-corrected chi connectivity index (χ0v) is 16.2. The number of hydrogen-bond acceptors (Lipinski definition) is 6. The van der Waals surface area contributed by atoms with Gasteiger partial charge in [-0.25, -0.2) is 4.79 Å². The molecule has 0 bridgehead atoms. The predicted molar refractivity (Wildman–Crippen MR) is 102 cm³/mol. The van der Waals surface area contributed by atoms with E-state index in [4.69, 9.17) is 13.9 Å². The molecule has 0 aliphatic carbocycles. The summed E-state index contributed by atoms with van der Waals surface area (Å²) in [5.74, 6) is -1.98. The third kappa shape index (κ3) is 3.96. The van der Waals surface area contributed by atoms with Crippen molar-refractivity contribution in [1.29, 1.82) is 0 Å². The van der Waals surface area contributed by atoms with Crippen LogP contribution < -0.4 is 14.9 Å². The molecule has 3 rings (SSSR count). The van der Waals surface area contributed by atoms with Gasteiger partial charge in [0.2, 0.25) is 11.2 Å². The largest absolute Gasteiger partial charge is 0.496 e. The van der Waals surface area contributed by atoms with Crippen molar-refractivity contribution in [3.63, 3.8) is 0 Å². The molecular weight excluding hydrogens is 405 g/mol. The molecule has 0 aliphatic heterocycles. The second-order valence-electron chi connectivity index (χ2n) is 6.27. The predicted octanol–water partition coefficient (Wildman–Crippen LogP) is 4.43. The molecule has 1 heterocycles. The van der Waals surface area contributed by atoms with Crippen LogP contribution in [0.5, 0.6) is 11.5 Å². The maximum Gasteiger partial charge on any atom is 0.450 e. The van der Waals surface area contributed by atoms with Crippen LogP contribution in [0, 0.1) is 0 Å². The van der Waals surface area contributed by atoms with Gasteiger partial charge < -0.3 is 18.6 Å². The molecule has 1 unspecified atom stereocenters. The van der Waals surface area contributed by atoms with Crippen LogP contribution >= 0.6 is 0 Å². The summed E-state index contributed by atoms with van der Waals surface area (Å²) in [4.78, 5) is 24.5. The molecule has 0 radical (unpaired) electrons. The summed E-state index contributed by atoms with van der Waals surface area (Å²) in [6, 6.07) is 9.62. The number of carbonyl (C=O) groups is 1. The van der Waals surface area contributed by atoms with Crippen LogP contribution in [0.4, 0.5) is 13.2 Å². The maximum atomic E-state index is 13.8. The molecule has 0 amide bonds. The first-order valence-electron chi connectivity index (χ1n) is 8.73. The monoisotopic (exact) mass is 422 g/mol. The quantitative estimate of drug-likeness (QED) is 0.567. The number of carbonyl (C=O) groups excluding carboxylic acids is 1. The third-order valence-electron chi connectivity index (χ3n) is 4.34. The minimum atomic E-state index is -4.94. The van der Waals surface area contributed by atoms with E-state index < -0.39 is 35.0 Å². The van der Waals surface area contributed by atoms with Crippen LogP contribution in [-0.4, -0.2) is 26.3 Å². The lowest BCUT2D eigenvalue weighted by Crippen LogP contribution is -2.24. The number of hydrogen-bond donors (Lipinski definition) is 0. The average molecular weight is 422 g/mol. The maximum absolute atomic E-state index is 13.8. The van der Waals surface area contributed by atoms with Crippen molar-refractivity contribution in [1.82, 2.24) is 0 Å². The van der Waals surface area contributed by atoms with Crippen molar-refractivity contribution in [2.75, 3.05) is 14.2 Å². The van der Waals surface area contributed by atoms with Gasteiger partial charge in [0, 0.05) is 11.6 Å². The third-order valence-corrected chi connectivity index (χ3v) is 4.34. The number of rotatable bonds is 5. The lowest BCUT2D eigenvalue weighted by molar-refractivity contribution is -0.152. The molecule has 1 atom stereocenters. The Hall–Kier alpha value is -3.49. The number of para-hydroxylation sites is 1. The molecule has 158 valence electrons. The Morgan fingerprint density at radius 2 is 1.80 bits per heavy atom. The number of esters is 1. The van der Waals surface area contributed by atoms with E-state index >= 15 is 0 Å². The van der Waals surface area contributed by atoms with Crippen LogP contribution in [-0.2, 0) is 15.7 Å². The molecule has 0 spiro atoms. The van der Waals surface area contributed by atoms with Gasteiger partial charge in [-0.2, -0.15) is 13.2 Å². The fourth-order valence-corrected chi connectivity index (χ4v) is 2.96. The Labute approximate surface area is 168 Å². The second-order valence-corrected chi connectivity index (χ2v) is 6.27. The van der Waals surface area contributed by atoms with Gasteiger partial charge in [0.25, 0.3) is 0 Å². The highest BCUT2D eigenvalue weighted by Gasteiger charge is 2.40. The topological polar surface area (TPSA) is 75.0 Å². The van der Waals surface area contributed by atoms with Gasteiger partial charge in [-0.15, -0.1) is 0 Å². The van der Waals surface area contributed by atoms with Crippen LogP contribution in [0.1, 0.15) is 12.7 Å². The summed E-state index contributed by atoms with van der Waals surface area (Å²) in [7, 11) is 2.47. The van der Waals surface area contributed by atoms with Gasteiger partial charge in [-0.1, -0.05) is 18.2 Å². The van der Waals surface area contributed by atoms with Gasteiger partial charge in [0.1, 0.15) is 17.1 Å². The van der Waals surface area contributed by atoms with E-state index in [1.807, 2.05) is 0 Å². The molecule has 1 aromatic heterocycles. The number of ether oxygens (including phenoxy) is 3. The van der Waals surface area contributed by atoms with Crippen LogP contribution in [0.25, 0.3) is 22.1 Å². The lowest BCUT2D eigenvalue weighted by atomic mass is 10.0. The number of benzene rings is 2. The van der Waals surface area contributed by atoms with Gasteiger partial charge >= 0.3 is 12.1 Å². The number of halogens is 3. The fourth-order valence-electron chi connectivity index (χ4n) is 2.96. The van der Waals surface area contributed by atoms with E-state index in [0.717, 1.165) is 6.07 Å². The molecule has 0 saturated heterocycles. The van der Waals surface area contributed by atoms with Crippen LogP contribution in [0.15, 0.2) is 51.7 Å². The molecule has 2 aromatic carbocycles. The van der Waals surface area contributed by atoms with Crippen molar-refractivity contribution >= 4 is 16.9 Å². The van der Waals surface area contributed by atoms with Gasteiger partial charge in [0.15, 0.2) is 6.10 Å². The summed E-state index contributed by atoms with van der Waals surface area (Å²) in [6.07, 6.45) is -5.95. The fraction of sp³-hybridized carbons (Fsp3) is 0.238. The molecule has 0 aliphatic rings. The van der Waals surface area contributed by atoms with E-state index in [2.05, 4.69) is 4.74 Å². The normalized spacial score (nSPS) is 12.5. The minimum absolute atomic E-state index is 0.0392. The molecule has 6 nitrogen and oxygen atoms in total. The van der Waals surface area contributed by atoms with Gasteiger partial charge in [-0.3, -0.25) is 4.79 Å². The summed E-state index contributed by atoms with van der Waals surface area (Å²) in [5, 5.41) is -0.0815.